The molecule has 0 atom stereocenters. The quantitative estimate of drug-likeness (QED) is 0.309. The van der Waals surface area contributed by atoms with Crippen LogP contribution in [0.1, 0.15) is 45.4 Å². The van der Waals surface area contributed by atoms with E-state index in [9.17, 15) is 27.9 Å². The van der Waals surface area contributed by atoms with Crippen LogP contribution in [0.15, 0.2) is 53.0 Å². The van der Waals surface area contributed by atoms with Crippen molar-refractivity contribution in [2.24, 2.45) is 0 Å². The van der Waals surface area contributed by atoms with E-state index in [1.54, 1.807) is 36.4 Å². The zero-order valence-corrected chi connectivity index (χ0v) is 22.3. The minimum Gasteiger partial charge on any atom is -0.478 e. The number of nitrogens with one attached hydrogen (secondary N) is 1. The van der Waals surface area contributed by atoms with Gasteiger partial charge in [-0.3, -0.25) is 9.48 Å². The monoisotopic (exact) mass is 598 g/mol. The Balaban J connectivity index is 0.000000638. The minimum absolute atomic E-state index is 0.120. The highest BCUT2D eigenvalue weighted by molar-refractivity contribution is 9.10. The lowest BCUT2D eigenvalue weighted by Crippen LogP contribution is -2.22. The molecule has 2 aromatic carbocycles. The summed E-state index contributed by atoms with van der Waals surface area (Å²) < 4.78 is 34.6. The summed E-state index contributed by atoms with van der Waals surface area (Å²) in [4.78, 5) is 35.2. The fourth-order valence-corrected chi connectivity index (χ4v) is 3.65. The number of alkyl halides is 3. The maximum absolute atomic E-state index is 12.5. The van der Waals surface area contributed by atoms with Crippen molar-refractivity contribution in [3.05, 3.63) is 75.5 Å². The number of anilines is 2. The number of aliphatic carboxylic acids is 1. The number of halogens is 4. The van der Waals surface area contributed by atoms with Gasteiger partial charge in [-0.15, -0.1) is 0 Å². The molecule has 3 N–H and O–H groups in total. The van der Waals surface area contributed by atoms with Crippen LogP contribution in [0.25, 0.3) is 0 Å². The predicted octanol–water partition coefficient (Wildman–Crippen LogP) is 5.58. The molecule has 1 heterocycles. The third kappa shape index (κ3) is 8.61. The van der Waals surface area contributed by atoms with Crippen LogP contribution in [0.2, 0.25) is 0 Å². The Kier molecular flexibility index (Phi) is 10.5. The Morgan fingerprint density at radius 1 is 1.08 bits per heavy atom. The highest BCUT2D eigenvalue weighted by atomic mass is 79.9. The van der Waals surface area contributed by atoms with Gasteiger partial charge in [0.1, 0.15) is 0 Å². The number of aryl methyl sites for hydroxylation is 2. The summed E-state index contributed by atoms with van der Waals surface area (Å²) in [5, 5.41) is 24.2. The van der Waals surface area contributed by atoms with Crippen molar-refractivity contribution >= 4 is 45.2 Å². The van der Waals surface area contributed by atoms with E-state index < -0.39 is 18.1 Å². The largest absolute Gasteiger partial charge is 0.490 e. The van der Waals surface area contributed by atoms with Crippen molar-refractivity contribution in [3.8, 4) is 0 Å². The molecule has 0 fully saturated rings. The maximum Gasteiger partial charge on any atom is 0.490 e. The van der Waals surface area contributed by atoms with Crippen molar-refractivity contribution in [2.75, 3.05) is 17.3 Å². The van der Waals surface area contributed by atoms with Crippen molar-refractivity contribution in [1.29, 1.82) is 0 Å². The van der Waals surface area contributed by atoms with Gasteiger partial charge >= 0.3 is 18.1 Å². The molecule has 0 radical (unpaired) electrons. The van der Waals surface area contributed by atoms with Gasteiger partial charge in [-0.1, -0.05) is 22.9 Å². The molecule has 0 bridgehead atoms. The zero-order valence-electron chi connectivity index (χ0n) is 20.7. The Morgan fingerprint density at radius 2 is 1.68 bits per heavy atom. The number of hydrogen-bond acceptors (Lipinski definition) is 5. The Hall–Kier alpha value is -3.87. The summed E-state index contributed by atoms with van der Waals surface area (Å²) in [5.74, 6) is -4.11. The number of carbonyl (C=O) groups excluding carboxylic acids is 1. The van der Waals surface area contributed by atoms with E-state index in [1.165, 1.54) is 6.07 Å². The molecule has 204 valence electrons. The van der Waals surface area contributed by atoms with Crippen LogP contribution in [0.3, 0.4) is 0 Å². The summed E-state index contributed by atoms with van der Waals surface area (Å²) in [5.41, 5.74) is 3.55. The van der Waals surface area contributed by atoms with E-state index in [1.807, 2.05) is 29.6 Å². The second-order valence-electron chi connectivity index (χ2n) is 8.16. The SMILES string of the molecule is CCCn1nc(C)cc1CN(C)c1ccc(NC(=O)c2ccc(Br)cc2)cc1C(=O)O.O=C(O)C(F)(F)F. The van der Waals surface area contributed by atoms with Gasteiger partial charge in [-0.25, -0.2) is 9.59 Å². The van der Waals surface area contributed by atoms with Gasteiger partial charge in [-0.05, 0) is 61.9 Å². The summed E-state index contributed by atoms with van der Waals surface area (Å²) in [7, 11) is 1.85. The summed E-state index contributed by atoms with van der Waals surface area (Å²) in [6, 6.07) is 13.9. The maximum atomic E-state index is 12.5. The lowest BCUT2D eigenvalue weighted by atomic mass is 10.1. The van der Waals surface area contributed by atoms with Gasteiger partial charge in [-0.2, -0.15) is 18.3 Å². The number of rotatable bonds is 8. The first-order chi connectivity index (χ1) is 17.7. The molecule has 0 aliphatic carbocycles. The highest BCUT2D eigenvalue weighted by Crippen LogP contribution is 2.26. The topological polar surface area (TPSA) is 125 Å². The number of aromatic carboxylic acids is 1. The van der Waals surface area contributed by atoms with Gasteiger partial charge in [0.2, 0.25) is 0 Å². The number of carbonyl (C=O) groups is 3. The van der Waals surface area contributed by atoms with Crippen molar-refractivity contribution in [1.82, 2.24) is 9.78 Å². The second kappa shape index (κ2) is 13.1. The molecule has 0 saturated carbocycles. The fourth-order valence-electron chi connectivity index (χ4n) is 3.38. The molecule has 0 aliphatic heterocycles. The molecule has 0 saturated heterocycles. The first kappa shape index (κ1) is 30.4. The lowest BCUT2D eigenvalue weighted by molar-refractivity contribution is -0.192. The standard InChI is InChI=1S/C23H25BrN4O3.C2HF3O2/c1-4-11-28-19(12-15(2)26-28)14-27(3)21-10-9-18(13-20(21)23(30)31)25-22(29)16-5-7-17(24)8-6-16;3-2(4,5)1(6)7/h5-10,12-13H,4,11,14H2,1-3H3,(H,25,29)(H,30,31);(H,6,7). The predicted molar refractivity (Wildman–Crippen MR) is 139 cm³/mol. The fraction of sp³-hybridized carbons (Fsp3) is 0.280. The van der Waals surface area contributed by atoms with Crippen LogP contribution < -0.4 is 10.2 Å². The van der Waals surface area contributed by atoms with Crippen LogP contribution in [0.4, 0.5) is 24.5 Å². The molecule has 0 unspecified atom stereocenters. The molecular formula is C25H26BrF3N4O5. The first-order valence-corrected chi connectivity index (χ1v) is 12.0. The Bertz CT molecular complexity index is 1290. The van der Waals surface area contributed by atoms with E-state index >= 15 is 0 Å². The number of hydrogen-bond donors (Lipinski definition) is 3. The molecule has 0 spiro atoms. The summed E-state index contributed by atoms with van der Waals surface area (Å²) in [6.45, 7) is 5.37. The Labute approximate surface area is 225 Å². The summed E-state index contributed by atoms with van der Waals surface area (Å²) in [6.07, 6.45) is -4.12. The van der Waals surface area contributed by atoms with Crippen molar-refractivity contribution in [3.63, 3.8) is 0 Å². The molecule has 1 aromatic heterocycles. The molecular weight excluding hydrogens is 573 g/mol. The van der Waals surface area contributed by atoms with Gasteiger partial charge in [0.15, 0.2) is 0 Å². The van der Waals surface area contributed by atoms with E-state index in [-0.39, 0.29) is 11.5 Å². The second-order valence-corrected chi connectivity index (χ2v) is 9.07. The number of benzene rings is 2. The highest BCUT2D eigenvalue weighted by Gasteiger charge is 2.38. The average Bonchev–Trinajstić information content (AvgIpc) is 3.17. The van der Waals surface area contributed by atoms with Crippen LogP contribution in [0, 0.1) is 6.92 Å². The number of carboxylic acids is 2. The Morgan fingerprint density at radius 3 is 2.21 bits per heavy atom. The van der Waals surface area contributed by atoms with E-state index in [0.29, 0.717) is 23.5 Å². The van der Waals surface area contributed by atoms with E-state index in [4.69, 9.17) is 9.90 Å². The molecule has 9 nitrogen and oxygen atoms in total. The molecule has 0 aliphatic rings. The van der Waals surface area contributed by atoms with Gasteiger partial charge in [0.25, 0.3) is 5.91 Å². The molecule has 3 aromatic rings. The first-order valence-electron chi connectivity index (χ1n) is 11.2. The third-order valence-electron chi connectivity index (χ3n) is 5.07. The molecule has 13 heteroatoms. The average molecular weight is 599 g/mol. The van der Waals surface area contributed by atoms with Crippen molar-refractivity contribution in [2.45, 2.75) is 39.5 Å². The molecule has 1 amide bonds. The van der Waals surface area contributed by atoms with Gasteiger partial charge in [0.05, 0.1) is 29.2 Å². The van der Waals surface area contributed by atoms with Gasteiger partial charge < -0.3 is 20.4 Å². The smallest absolute Gasteiger partial charge is 0.478 e. The minimum atomic E-state index is -5.08. The molecule has 38 heavy (non-hydrogen) atoms. The molecule has 3 rings (SSSR count). The number of aromatic nitrogens is 2. The van der Waals surface area contributed by atoms with Crippen LogP contribution in [-0.2, 0) is 17.9 Å². The van der Waals surface area contributed by atoms with Crippen LogP contribution >= 0.6 is 15.9 Å². The number of nitrogens with zero attached hydrogens (tertiary/aromatic N) is 3. The zero-order chi connectivity index (χ0) is 28.6. The van der Waals surface area contributed by atoms with Crippen LogP contribution in [-0.4, -0.2) is 51.1 Å². The van der Waals surface area contributed by atoms with E-state index in [0.717, 1.165) is 28.8 Å². The van der Waals surface area contributed by atoms with Crippen LogP contribution in [0.5, 0.6) is 0 Å². The number of amides is 1. The lowest BCUT2D eigenvalue weighted by Gasteiger charge is -2.22. The van der Waals surface area contributed by atoms with Crippen molar-refractivity contribution < 1.29 is 37.8 Å². The van der Waals surface area contributed by atoms with Gasteiger partial charge in [0, 0.05) is 29.3 Å². The normalized spacial score (nSPS) is 10.8. The number of carboxylic acid groups (broad SMARTS) is 2. The van der Waals surface area contributed by atoms with E-state index in [2.05, 4.69) is 33.3 Å². The summed E-state index contributed by atoms with van der Waals surface area (Å²) >= 11 is 3.34. The third-order valence-corrected chi connectivity index (χ3v) is 5.59.